The van der Waals surface area contributed by atoms with Crippen molar-refractivity contribution in [2.75, 3.05) is 26.1 Å². The maximum Gasteiger partial charge on any atom is 0.250 e. The van der Waals surface area contributed by atoms with Gasteiger partial charge >= 0.3 is 0 Å². The van der Waals surface area contributed by atoms with Gasteiger partial charge in [0.25, 0.3) is 0 Å². The number of aryl methyl sites for hydroxylation is 1. The molecule has 4 rings (SSSR count). The minimum atomic E-state index is -0.269. The molecule has 1 N–H and O–H groups in total. The zero-order valence-electron chi connectivity index (χ0n) is 16.9. The van der Waals surface area contributed by atoms with Crippen LogP contribution in [0.15, 0.2) is 55.0 Å². The van der Waals surface area contributed by atoms with Crippen LogP contribution in [-0.2, 0) is 16.6 Å². The average Bonchev–Trinajstić information content (AvgIpc) is 3.19. The number of rotatable bonds is 6. The van der Waals surface area contributed by atoms with Gasteiger partial charge in [-0.2, -0.15) is 5.10 Å². The first-order chi connectivity index (χ1) is 14.6. The van der Waals surface area contributed by atoms with Crippen LogP contribution in [0.25, 0.3) is 33.4 Å². The Morgan fingerprint density at radius 1 is 1.17 bits per heavy atom. The Bertz CT molecular complexity index is 1200. The van der Waals surface area contributed by atoms with Crippen molar-refractivity contribution in [3.63, 3.8) is 0 Å². The molecule has 4 aromatic rings. The lowest BCUT2D eigenvalue weighted by Crippen LogP contribution is -2.17. The molecule has 30 heavy (non-hydrogen) atoms. The highest BCUT2D eigenvalue weighted by molar-refractivity contribution is 6.02. The van der Waals surface area contributed by atoms with Gasteiger partial charge < -0.3 is 14.8 Å². The molecule has 8 heteroatoms. The van der Waals surface area contributed by atoms with E-state index in [0.29, 0.717) is 11.4 Å². The number of hydrogen-bond acceptors (Lipinski definition) is 6. The normalized spacial score (nSPS) is 10.9. The topological polar surface area (TPSA) is 91.2 Å². The van der Waals surface area contributed by atoms with Crippen LogP contribution < -0.4 is 10.1 Å². The molecule has 152 valence electrons. The monoisotopic (exact) mass is 403 g/mol. The zero-order chi connectivity index (χ0) is 21.1. The zero-order valence-corrected chi connectivity index (χ0v) is 16.9. The number of pyridine rings is 2. The summed E-state index contributed by atoms with van der Waals surface area (Å²) in [5, 5.41) is 7.93. The third-order valence-corrected chi connectivity index (χ3v) is 4.62. The molecule has 0 atom stereocenters. The summed E-state index contributed by atoms with van der Waals surface area (Å²) in [5.74, 6) is 0.240. The number of nitrogens with one attached hydrogen (secondary N) is 1. The number of benzene rings is 1. The summed E-state index contributed by atoms with van der Waals surface area (Å²) in [5.41, 5.74) is 4.62. The predicted molar refractivity (Wildman–Crippen MR) is 114 cm³/mol. The SMILES string of the molecule is COCC(=O)Nc1cc2c(-c3ccccn3)cc(-c3cnn(C)c3)nc2cc1OC. The van der Waals surface area contributed by atoms with Crippen molar-refractivity contribution in [2.45, 2.75) is 0 Å². The fraction of sp³-hybridized carbons (Fsp3) is 0.182. The maximum atomic E-state index is 12.1. The molecule has 0 fully saturated rings. The van der Waals surface area contributed by atoms with Crippen molar-refractivity contribution in [1.29, 1.82) is 0 Å². The standard InChI is InChI=1S/C22H21N5O3/c1-27-12-14(11-24-27)18-8-15(17-6-4-5-7-23-17)16-9-20(26-22(28)13-29-2)21(30-3)10-19(16)25-18/h4-12H,13H2,1-3H3,(H,26,28). The van der Waals surface area contributed by atoms with Gasteiger partial charge in [-0.25, -0.2) is 4.98 Å². The molecular formula is C22H21N5O3. The van der Waals surface area contributed by atoms with Crippen LogP contribution >= 0.6 is 0 Å². The third-order valence-electron chi connectivity index (χ3n) is 4.62. The Kier molecular flexibility index (Phi) is 5.40. The summed E-state index contributed by atoms with van der Waals surface area (Å²) >= 11 is 0. The van der Waals surface area contributed by atoms with Gasteiger partial charge in [-0.15, -0.1) is 0 Å². The summed E-state index contributed by atoms with van der Waals surface area (Å²) in [4.78, 5) is 21.4. The van der Waals surface area contributed by atoms with Crippen LogP contribution in [0.1, 0.15) is 0 Å². The summed E-state index contributed by atoms with van der Waals surface area (Å²) in [7, 11) is 4.89. The molecule has 8 nitrogen and oxygen atoms in total. The molecule has 1 amide bonds. The molecule has 0 saturated heterocycles. The van der Waals surface area contributed by atoms with Crippen molar-refractivity contribution in [1.82, 2.24) is 19.7 Å². The number of carbonyl (C=O) groups is 1. The molecule has 0 bridgehead atoms. The molecule has 0 spiro atoms. The van der Waals surface area contributed by atoms with E-state index in [4.69, 9.17) is 14.5 Å². The van der Waals surface area contributed by atoms with Gasteiger partial charge in [0, 0.05) is 49.1 Å². The van der Waals surface area contributed by atoms with Crippen LogP contribution in [0.5, 0.6) is 5.75 Å². The fourth-order valence-electron chi connectivity index (χ4n) is 3.27. The molecule has 0 aliphatic rings. The van der Waals surface area contributed by atoms with Crippen molar-refractivity contribution in [3.8, 4) is 28.3 Å². The van der Waals surface area contributed by atoms with Crippen molar-refractivity contribution < 1.29 is 14.3 Å². The van der Waals surface area contributed by atoms with Crippen LogP contribution in [0.2, 0.25) is 0 Å². The Morgan fingerprint density at radius 2 is 2.03 bits per heavy atom. The second-order valence-corrected chi connectivity index (χ2v) is 6.72. The van der Waals surface area contributed by atoms with Crippen LogP contribution in [0, 0.1) is 0 Å². The fourth-order valence-corrected chi connectivity index (χ4v) is 3.27. The highest BCUT2D eigenvalue weighted by Crippen LogP contribution is 2.36. The van der Waals surface area contributed by atoms with Gasteiger partial charge in [-0.05, 0) is 24.3 Å². The molecule has 0 saturated carbocycles. The largest absolute Gasteiger partial charge is 0.494 e. The highest BCUT2D eigenvalue weighted by atomic mass is 16.5. The Morgan fingerprint density at radius 3 is 2.70 bits per heavy atom. The van der Waals surface area contributed by atoms with Gasteiger partial charge in [0.1, 0.15) is 12.4 Å². The second kappa shape index (κ2) is 8.30. The minimum absolute atomic E-state index is 0.0491. The van der Waals surface area contributed by atoms with Gasteiger partial charge in [-0.1, -0.05) is 6.07 Å². The van der Waals surface area contributed by atoms with Crippen molar-refractivity contribution >= 4 is 22.5 Å². The summed E-state index contributed by atoms with van der Waals surface area (Å²) in [6.45, 7) is -0.0491. The minimum Gasteiger partial charge on any atom is -0.494 e. The Balaban J connectivity index is 1.94. The van der Waals surface area contributed by atoms with E-state index in [-0.39, 0.29) is 12.5 Å². The van der Waals surface area contributed by atoms with E-state index in [1.807, 2.05) is 49.6 Å². The molecule has 0 aliphatic carbocycles. The molecule has 0 aliphatic heterocycles. The number of ether oxygens (including phenoxy) is 2. The average molecular weight is 403 g/mol. The number of carbonyl (C=O) groups excluding carboxylic acids is 1. The van der Waals surface area contributed by atoms with Gasteiger partial charge in [0.15, 0.2) is 0 Å². The van der Waals surface area contributed by atoms with E-state index in [9.17, 15) is 4.79 Å². The second-order valence-electron chi connectivity index (χ2n) is 6.72. The number of fused-ring (bicyclic) bond motifs is 1. The van der Waals surface area contributed by atoms with E-state index in [2.05, 4.69) is 15.4 Å². The highest BCUT2D eigenvalue weighted by Gasteiger charge is 2.16. The third kappa shape index (κ3) is 3.85. The van der Waals surface area contributed by atoms with E-state index in [1.54, 1.807) is 24.2 Å². The number of hydrogen-bond donors (Lipinski definition) is 1. The van der Waals surface area contributed by atoms with Crippen molar-refractivity contribution in [3.05, 3.63) is 55.0 Å². The molecule has 3 aromatic heterocycles. The van der Waals surface area contributed by atoms with Crippen molar-refractivity contribution in [2.24, 2.45) is 7.05 Å². The van der Waals surface area contributed by atoms with Crippen LogP contribution in [-0.4, -0.2) is 46.5 Å². The molecular weight excluding hydrogens is 382 g/mol. The van der Waals surface area contributed by atoms with Gasteiger partial charge in [0.2, 0.25) is 5.91 Å². The quantitative estimate of drug-likeness (QED) is 0.531. The summed E-state index contributed by atoms with van der Waals surface area (Å²) in [6.07, 6.45) is 5.43. The number of nitrogens with zero attached hydrogens (tertiary/aromatic N) is 4. The van der Waals surface area contributed by atoms with Crippen LogP contribution in [0.4, 0.5) is 5.69 Å². The first-order valence-corrected chi connectivity index (χ1v) is 9.31. The van der Waals surface area contributed by atoms with E-state index in [1.165, 1.54) is 7.11 Å². The van der Waals surface area contributed by atoms with E-state index in [0.717, 1.165) is 33.4 Å². The number of methoxy groups -OCH3 is 2. The first kappa shape index (κ1) is 19.5. The molecule has 0 unspecified atom stereocenters. The first-order valence-electron chi connectivity index (χ1n) is 9.31. The summed E-state index contributed by atoms with van der Waals surface area (Å²) < 4.78 is 12.1. The maximum absolute atomic E-state index is 12.1. The molecule has 3 heterocycles. The molecule has 1 aromatic carbocycles. The smallest absolute Gasteiger partial charge is 0.250 e. The molecule has 0 radical (unpaired) electrons. The lowest BCUT2D eigenvalue weighted by Gasteiger charge is -2.14. The van der Waals surface area contributed by atoms with E-state index < -0.39 is 0 Å². The van der Waals surface area contributed by atoms with Crippen LogP contribution in [0.3, 0.4) is 0 Å². The lowest BCUT2D eigenvalue weighted by atomic mass is 10.0. The number of aromatic nitrogens is 4. The van der Waals surface area contributed by atoms with E-state index >= 15 is 0 Å². The Hall–Kier alpha value is -3.78. The number of amides is 1. The predicted octanol–water partition coefficient (Wildman–Crippen LogP) is 3.29. The van der Waals surface area contributed by atoms with Gasteiger partial charge in [0.05, 0.1) is 35.9 Å². The van der Waals surface area contributed by atoms with Gasteiger partial charge in [-0.3, -0.25) is 14.5 Å². The Labute approximate surface area is 173 Å². The lowest BCUT2D eigenvalue weighted by molar-refractivity contribution is -0.119. The number of anilines is 1. The summed E-state index contributed by atoms with van der Waals surface area (Å²) in [6, 6.07) is 11.4.